The summed E-state index contributed by atoms with van der Waals surface area (Å²) in [6.07, 6.45) is -1.34. The van der Waals surface area contributed by atoms with Crippen LogP contribution < -0.4 is 5.11 Å². The van der Waals surface area contributed by atoms with Crippen molar-refractivity contribution in [3.8, 4) is 0 Å². The Morgan fingerprint density at radius 3 is 2.00 bits per heavy atom. The van der Waals surface area contributed by atoms with Crippen molar-refractivity contribution in [2.24, 2.45) is 0 Å². The Hall–Kier alpha value is 0.248. The van der Waals surface area contributed by atoms with Gasteiger partial charge in [-0.2, -0.15) is 0 Å². The van der Waals surface area contributed by atoms with Crippen LogP contribution in [-0.4, -0.2) is 41.6 Å². The molecule has 0 saturated heterocycles. The van der Waals surface area contributed by atoms with Crippen molar-refractivity contribution >= 4 is 30.4 Å². The van der Waals surface area contributed by atoms with Gasteiger partial charge in [0.25, 0.3) is 0 Å². The van der Waals surface area contributed by atoms with E-state index < -0.39 is 12.1 Å². The minimum Gasteiger partial charge on any atom is -0.547 e. The van der Waals surface area contributed by atoms with Crippen LogP contribution in [0.5, 0.6) is 0 Å². The third kappa shape index (κ3) is 6.25. The number of aliphatic hydroxyl groups is 1. The summed E-state index contributed by atoms with van der Waals surface area (Å²) in [5, 5.41) is 17.3. The maximum absolute atomic E-state index is 9.34. The van der Waals surface area contributed by atoms with Gasteiger partial charge >= 0.3 is 24.4 Å². The van der Waals surface area contributed by atoms with Gasteiger partial charge in [-0.25, -0.2) is 0 Å². The molecule has 0 bridgehead atoms. The number of carbonyl (C=O) groups excluding carboxylic acids is 1. The number of carbonyl (C=O) groups is 1. The van der Waals surface area contributed by atoms with E-state index in [2.05, 4.69) is 0 Å². The van der Waals surface area contributed by atoms with Gasteiger partial charge in [-0.1, -0.05) is 0 Å². The normalized spacial score (nSPS) is 11.7. The molecule has 0 aromatic heterocycles. The maximum atomic E-state index is 9.34. The molecule has 0 amide bonds. The van der Waals surface area contributed by atoms with Crippen LogP contribution in [0.1, 0.15) is 6.92 Å². The predicted molar refractivity (Wildman–Crippen MR) is 22.4 cm³/mol. The molecule has 0 fully saturated rings. The standard InChI is InChI=1S/C3H6O3.Sb/c1-2(4)3(5)6;/h2,4H,1H3,(H,5,6);/q;+3/p-1. The Bertz CT molecular complexity index is 61.2. The molecule has 0 aromatic carbocycles. The molecule has 0 saturated carbocycles. The summed E-state index contributed by atoms with van der Waals surface area (Å²) in [4.78, 5) is 9.34. The first-order valence-electron chi connectivity index (χ1n) is 1.53. The Morgan fingerprint density at radius 1 is 1.86 bits per heavy atom. The zero-order valence-electron chi connectivity index (χ0n) is 3.79. The Kier molecular flexibility index (Phi) is 6.47. The van der Waals surface area contributed by atoms with Gasteiger partial charge in [0.15, 0.2) is 0 Å². The van der Waals surface area contributed by atoms with Crippen molar-refractivity contribution in [1.29, 1.82) is 0 Å². The minimum atomic E-state index is -1.44. The molecule has 0 aliphatic carbocycles. The van der Waals surface area contributed by atoms with E-state index in [0.717, 1.165) is 6.92 Å². The molecule has 1 atom stereocenters. The van der Waals surface area contributed by atoms with E-state index >= 15 is 0 Å². The maximum Gasteiger partial charge on any atom is 3.00 e. The number of rotatable bonds is 1. The van der Waals surface area contributed by atoms with E-state index in [1.807, 2.05) is 0 Å². The summed E-state index contributed by atoms with van der Waals surface area (Å²) in [5.74, 6) is -1.44. The van der Waals surface area contributed by atoms with Gasteiger partial charge in [-0.15, -0.1) is 0 Å². The molecule has 0 heterocycles. The molecular weight excluding hydrogens is 206 g/mol. The molecule has 2 radical (unpaired) electrons. The second-order valence-electron chi connectivity index (χ2n) is 0.995. The largest absolute Gasteiger partial charge is 3.00 e. The van der Waals surface area contributed by atoms with Gasteiger partial charge in [-0.3, -0.25) is 0 Å². The van der Waals surface area contributed by atoms with Crippen LogP contribution in [0.25, 0.3) is 0 Å². The first-order chi connectivity index (χ1) is 2.64. The molecule has 1 N–H and O–H groups in total. The second kappa shape index (κ2) is 4.41. The molecule has 0 spiro atoms. The number of carboxylic acid groups (broad SMARTS) is 1. The van der Waals surface area contributed by atoms with Crippen LogP contribution in [0.4, 0.5) is 0 Å². The van der Waals surface area contributed by atoms with Crippen LogP contribution in [0.2, 0.25) is 0 Å². The summed E-state index contributed by atoms with van der Waals surface area (Å²) >= 11 is 0. The molecule has 1 unspecified atom stereocenters. The number of hydrogen-bond donors (Lipinski definition) is 1. The summed E-state index contributed by atoms with van der Waals surface area (Å²) in [5.41, 5.74) is 0. The second-order valence-corrected chi connectivity index (χ2v) is 0.995. The van der Waals surface area contributed by atoms with Gasteiger partial charge in [0.1, 0.15) is 0 Å². The fourth-order valence-corrected chi connectivity index (χ4v) is 0. The van der Waals surface area contributed by atoms with Crippen molar-refractivity contribution in [3.63, 3.8) is 0 Å². The monoisotopic (exact) mass is 210 g/mol. The van der Waals surface area contributed by atoms with E-state index in [-0.39, 0.29) is 24.4 Å². The quantitative estimate of drug-likeness (QED) is 0.497. The fraction of sp³-hybridized carbons (Fsp3) is 0.667. The van der Waals surface area contributed by atoms with Crippen LogP contribution in [-0.2, 0) is 4.79 Å². The third-order valence-corrected chi connectivity index (χ3v) is 0.341. The summed E-state index contributed by atoms with van der Waals surface area (Å²) in [6, 6.07) is 0. The molecular formula is C3H5O3Sb+2. The van der Waals surface area contributed by atoms with Crippen LogP contribution in [0.15, 0.2) is 0 Å². The molecule has 0 aliphatic rings. The predicted octanol–water partition coefficient (Wildman–Crippen LogP) is -2.26. The van der Waals surface area contributed by atoms with Gasteiger partial charge < -0.3 is 15.0 Å². The van der Waals surface area contributed by atoms with E-state index in [1.165, 1.54) is 0 Å². The number of aliphatic carboxylic acids is 1. The number of aliphatic hydroxyl groups excluding tert-OH is 1. The Labute approximate surface area is 58.8 Å². The zero-order chi connectivity index (χ0) is 5.15. The summed E-state index contributed by atoms with van der Waals surface area (Å²) in [7, 11) is 0. The minimum absolute atomic E-state index is 0. The first-order valence-corrected chi connectivity index (χ1v) is 1.53. The number of carboxylic acids is 1. The van der Waals surface area contributed by atoms with Gasteiger partial charge in [-0.05, 0) is 6.92 Å². The first kappa shape index (κ1) is 10.3. The third-order valence-electron chi connectivity index (χ3n) is 0.341. The van der Waals surface area contributed by atoms with E-state index in [1.54, 1.807) is 0 Å². The molecule has 0 aromatic rings. The van der Waals surface area contributed by atoms with E-state index in [4.69, 9.17) is 5.11 Å². The van der Waals surface area contributed by atoms with Crippen molar-refractivity contribution < 1.29 is 15.0 Å². The van der Waals surface area contributed by atoms with Crippen LogP contribution in [0.3, 0.4) is 0 Å². The molecule has 0 rings (SSSR count). The van der Waals surface area contributed by atoms with Gasteiger partial charge in [0.2, 0.25) is 0 Å². The van der Waals surface area contributed by atoms with Crippen molar-refractivity contribution in [2.45, 2.75) is 13.0 Å². The zero-order valence-corrected chi connectivity index (χ0v) is 6.34. The van der Waals surface area contributed by atoms with Gasteiger partial charge in [0, 0.05) is 0 Å². The summed E-state index contributed by atoms with van der Waals surface area (Å²) < 4.78 is 0. The van der Waals surface area contributed by atoms with E-state index in [9.17, 15) is 9.90 Å². The Balaban J connectivity index is 0. The number of hydrogen-bond acceptors (Lipinski definition) is 3. The Morgan fingerprint density at radius 2 is 2.00 bits per heavy atom. The van der Waals surface area contributed by atoms with Crippen molar-refractivity contribution in [2.75, 3.05) is 0 Å². The molecule has 3 nitrogen and oxygen atoms in total. The molecule has 38 valence electrons. The van der Waals surface area contributed by atoms with Gasteiger partial charge in [0.05, 0.1) is 12.1 Å². The molecule has 0 aliphatic heterocycles. The van der Waals surface area contributed by atoms with Crippen LogP contribution >= 0.6 is 0 Å². The smallest absolute Gasteiger partial charge is 0.547 e. The SMILES string of the molecule is CC(O)C(=O)[O-].[Sb+3]. The van der Waals surface area contributed by atoms with Crippen molar-refractivity contribution in [1.82, 2.24) is 0 Å². The summed E-state index contributed by atoms with van der Waals surface area (Å²) in [6.45, 7) is 1.13. The van der Waals surface area contributed by atoms with Crippen molar-refractivity contribution in [3.05, 3.63) is 0 Å². The topological polar surface area (TPSA) is 60.4 Å². The average Bonchev–Trinajstić information content (AvgIpc) is 1.36. The molecule has 4 heteroatoms. The van der Waals surface area contributed by atoms with E-state index in [0.29, 0.717) is 0 Å². The molecule has 7 heavy (non-hydrogen) atoms. The van der Waals surface area contributed by atoms with Crippen LogP contribution in [0, 0.1) is 0 Å². The average molecular weight is 211 g/mol. The fourth-order valence-electron chi connectivity index (χ4n) is 0.